The molecule has 0 aromatic carbocycles. The lowest BCUT2D eigenvalue weighted by atomic mass is 10.0. The number of carbonyl (C=O) groups excluding carboxylic acids is 1. The van der Waals surface area contributed by atoms with Crippen molar-refractivity contribution in [3.05, 3.63) is 53.4 Å². The monoisotopic (exact) mass is 350 g/mol. The van der Waals surface area contributed by atoms with Gasteiger partial charge in [-0.25, -0.2) is 9.50 Å². The van der Waals surface area contributed by atoms with Crippen LogP contribution in [0.25, 0.3) is 5.78 Å². The molecule has 0 unspecified atom stereocenters. The Morgan fingerprint density at radius 2 is 2.12 bits per heavy atom. The van der Waals surface area contributed by atoms with Gasteiger partial charge in [0.2, 0.25) is 0 Å². The summed E-state index contributed by atoms with van der Waals surface area (Å²) in [6, 6.07) is 5.67. The lowest BCUT2D eigenvalue weighted by Crippen LogP contribution is -2.32. The highest BCUT2D eigenvalue weighted by Gasteiger charge is 2.35. The molecule has 0 saturated heterocycles. The lowest BCUT2D eigenvalue weighted by molar-refractivity contribution is 0.0925. The van der Waals surface area contributed by atoms with Crippen LogP contribution < -0.4 is 5.32 Å². The zero-order valence-corrected chi connectivity index (χ0v) is 15.2. The van der Waals surface area contributed by atoms with Crippen molar-refractivity contribution >= 4 is 11.7 Å². The normalized spacial score (nSPS) is 15.4. The van der Waals surface area contributed by atoms with Gasteiger partial charge in [0.05, 0.1) is 17.4 Å². The third-order valence-electron chi connectivity index (χ3n) is 4.83. The van der Waals surface area contributed by atoms with Crippen molar-refractivity contribution in [1.29, 1.82) is 0 Å². The molecule has 1 atom stereocenters. The summed E-state index contributed by atoms with van der Waals surface area (Å²) in [5.41, 5.74) is 3.31. The second kappa shape index (κ2) is 6.48. The van der Waals surface area contributed by atoms with Gasteiger partial charge in [-0.3, -0.25) is 9.78 Å². The van der Waals surface area contributed by atoms with Crippen LogP contribution in [-0.2, 0) is 0 Å². The quantitative estimate of drug-likeness (QED) is 0.765. The Bertz CT molecular complexity index is 960. The van der Waals surface area contributed by atoms with E-state index in [4.69, 9.17) is 0 Å². The molecule has 0 radical (unpaired) electrons. The molecule has 4 rings (SSSR count). The number of rotatable bonds is 5. The van der Waals surface area contributed by atoms with Crippen molar-refractivity contribution < 1.29 is 4.79 Å². The molecule has 26 heavy (non-hydrogen) atoms. The maximum atomic E-state index is 13.0. The van der Waals surface area contributed by atoms with Crippen LogP contribution in [0.4, 0.5) is 0 Å². The summed E-state index contributed by atoms with van der Waals surface area (Å²) in [7, 11) is 0. The number of nitrogens with one attached hydrogen (secondary N) is 1. The molecule has 1 saturated carbocycles. The van der Waals surface area contributed by atoms with Gasteiger partial charge in [-0.15, -0.1) is 0 Å². The summed E-state index contributed by atoms with van der Waals surface area (Å²) >= 11 is 0. The maximum Gasteiger partial charge on any atom is 0.270 e. The van der Waals surface area contributed by atoms with Gasteiger partial charge < -0.3 is 5.32 Å². The van der Waals surface area contributed by atoms with E-state index >= 15 is 0 Å². The molecular formula is C19H22N6O. The molecule has 1 fully saturated rings. The maximum absolute atomic E-state index is 13.0. The predicted octanol–water partition coefficient (Wildman–Crippen LogP) is 2.83. The number of aromatic nitrogens is 5. The van der Waals surface area contributed by atoms with E-state index < -0.39 is 0 Å². The Hall–Kier alpha value is -2.83. The molecule has 134 valence electrons. The number of amides is 1. The fourth-order valence-electron chi connectivity index (χ4n) is 3.24. The van der Waals surface area contributed by atoms with Gasteiger partial charge in [0.1, 0.15) is 12.0 Å². The van der Waals surface area contributed by atoms with E-state index in [1.54, 1.807) is 16.8 Å². The standard InChI is InChI=1S/C19H22N6O/c1-11(2)15-9-14(23-19-21-10-22-25(15)19)18(26)24-17(13-6-7-13)16-12(3)5-4-8-20-16/h4-5,8-11,13,17H,6-7H2,1-3H3,(H,24,26)/t17-/m1/s1. The molecule has 1 aliphatic rings. The second-order valence-corrected chi connectivity index (χ2v) is 7.19. The van der Waals surface area contributed by atoms with E-state index in [0.29, 0.717) is 17.4 Å². The fourth-order valence-corrected chi connectivity index (χ4v) is 3.24. The van der Waals surface area contributed by atoms with Gasteiger partial charge >= 0.3 is 0 Å². The van der Waals surface area contributed by atoms with Gasteiger partial charge in [0.15, 0.2) is 0 Å². The first-order valence-electron chi connectivity index (χ1n) is 8.97. The van der Waals surface area contributed by atoms with Crippen LogP contribution in [0.2, 0.25) is 0 Å². The highest BCUT2D eigenvalue weighted by molar-refractivity contribution is 5.93. The Morgan fingerprint density at radius 1 is 1.31 bits per heavy atom. The molecule has 0 spiro atoms. The van der Waals surface area contributed by atoms with Crippen molar-refractivity contribution in [2.75, 3.05) is 0 Å². The van der Waals surface area contributed by atoms with Crippen LogP contribution in [0.5, 0.6) is 0 Å². The zero-order valence-electron chi connectivity index (χ0n) is 15.2. The number of hydrogen-bond acceptors (Lipinski definition) is 5. The Kier molecular flexibility index (Phi) is 4.14. The Balaban J connectivity index is 1.67. The first-order valence-corrected chi connectivity index (χ1v) is 8.97. The highest BCUT2D eigenvalue weighted by atomic mass is 16.2. The molecule has 3 heterocycles. The lowest BCUT2D eigenvalue weighted by Gasteiger charge is -2.19. The zero-order chi connectivity index (χ0) is 18.3. The molecule has 1 aliphatic carbocycles. The molecule has 7 heteroatoms. The minimum Gasteiger partial charge on any atom is -0.342 e. The summed E-state index contributed by atoms with van der Waals surface area (Å²) in [4.78, 5) is 26.0. The number of pyridine rings is 1. The van der Waals surface area contributed by atoms with E-state index in [1.165, 1.54) is 6.33 Å². The topological polar surface area (TPSA) is 85.1 Å². The molecule has 7 nitrogen and oxygen atoms in total. The molecular weight excluding hydrogens is 328 g/mol. The van der Waals surface area contributed by atoms with Gasteiger partial charge in [0, 0.05) is 6.20 Å². The molecule has 3 aromatic heterocycles. The summed E-state index contributed by atoms with van der Waals surface area (Å²) in [6.07, 6.45) is 5.45. The average molecular weight is 350 g/mol. The van der Waals surface area contributed by atoms with Crippen molar-refractivity contribution in [3.8, 4) is 0 Å². The molecule has 3 aromatic rings. The molecule has 0 bridgehead atoms. The van der Waals surface area contributed by atoms with Crippen molar-refractivity contribution in [2.45, 2.75) is 45.6 Å². The molecule has 1 amide bonds. The van der Waals surface area contributed by atoms with E-state index in [1.807, 2.05) is 19.1 Å². The summed E-state index contributed by atoms with van der Waals surface area (Å²) in [5.74, 6) is 0.887. The van der Waals surface area contributed by atoms with Gasteiger partial charge in [-0.2, -0.15) is 10.1 Å². The second-order valence-electron chi connectivity index (χ2n) is 7.19. The SMILES string of the molecule is Cc1cccnc1[C@H](NC(=O)c1cc(C(C)C)n2ncnc2n1)C1CC1. The number of fused-ring (bicyclic) bond motifs is 1. The van der Waals surface area contributed by atoms with Crippen LogP contribution in [0.15, 0.2) is 30.7 Å². The highest BCUT2D eigenvalue weighted by Crippen LogP contribution is 2.41. The van der Waals surface area contributed by atoms with E-state index in [0.717, 1.165) is 29.8 Å². The Morgan fingerprint density at radius 3 is 2.81 bits per heavy atom. The summed E-state index contributed by atoms with van der Waals surface area (Å²) in [5, 5.41) is 7.35. The molecule has 1 N–H and O–H groups in total. The summed E-state index contributed by atoms with van der Waals surface area (Å²) < 4.78 is 1.68. The van der Waals surface area contributed by atoms with Crippen LogP contribution in [0, 0.1) is 12.8 Å². The van der Waals surface area contributed by atoms with E-state index in [-0.39, 0.29) is 17.9 Å². The first kappa shape index (κ1) is 16.6. The van der Waals surface area contributed by atoms with Gasteiger partial charge in [0.25, 0.3) is 11.7 Å². The van der Waals surface area contributed by atoms with Crippen LogP contribution >= 0.6 is 0 Å². The minimum absolute atomic E-state index is 0.0814. The number of hydrogen-bond donors (Lipinski definition) is 1. The van der Waals surface area contributed by atoms with E-state index in [2.05, 4.69) is 39.2 Å². The van der Waals surface area contributed by atoms with E-state index in [9.17, 15) is 4.79 Å². The smallest absolute Gasteiger partial charge is 0.270 e. The number of carbonyl (C=O) groups is 1. The minimum atomic E-state index is -0.195. The third kappa shape index (κ3) is 3.05. The summed E-state index contributed by atoms with van der Waals surface area (Å²) in [6.45, 7) is 6.14. The third-order valence-corrected chi connectivity index (χ3v) is 4.83. The molecule has 0 aliphatic heterocycles. The van der Waals surface area contributed by atoms with Crippen molar-refractivity contribution in [2.24, 2.45) is 5.92 Å². The number of nitrogens with zero attached hydrogens (tertiary/aromatic N) is 5. The van der Waals surface area contributed by atoms with Crippen LogP contribution in [0.3, 0.4) is 0 Å². The Labute approximate surface area is 151 Å². The van der Waals surface area contributed by atoms with Gasteiger partial charge in [-0.1, -0.05) is 19.9 Å². The largest absolute Gasteiger partial charge is 0.342 e. The first-order chi connectivity index (χ1) is 12.5. The van der Waals surface area contributed by atoms with Crippen LogP contribution in [0.1, 0.15) is 66.1 Å². The predicted molar refractivity (Wildman–Crippen MR) is 96.8 cm³/mol. The fraction of sp³-hybridized carbons (Fsp3) is 0.421. The average Bonchev–Trinajstić information content (AvgIpc) is 3.35. The van der Waals surface area contributed by atoms with Crippen molar-refractivity contribution in [1.82, 2.24) is 29.9 Å². The number of aryl methyl sites for hydroxylation is 1. The van der Waals surface area contributed by atoms with Crippen LogP contribution in [-0.4, -0.2) is 30.5 Å². The van der Waals surface area contributed by atoms with Gasteiger partial charge in [-0.05, 0) is 49.3 Å². The van der Waals surface area contributed by atoms with Crippen molar-refractivity contribution in [3.63, 3.8) is 0 Å².